The van der Waals surface area contributed by atoms with E-state index in [0.717, 1.165) is 37.3 Å². The predicted molar refractivity (Wildman–Crippen MR) is 55.8 cm³/mol. The van der Waals surface area contributed by atoms with Crippen molar-refractivity contribution in [2.75, 3.05) is 0 Å². The van der Waals surface area contributed by atoms with Crippen LogP contribution in [0.3, 0.4) is 0 Å². The predicted octanol–water partition coefficient (Wildman–Crippen LogP) is 2.31. The van der Waals surface area contributed by atoms with E-state index in [2.05, 4.69) is 35.7 Å². The number of hydrogen-bond donors (Lipinski definition) is 0. The molecule has 76 valence electrons. The molecule has 0 saturated heterocycles. The maximum Gasteiger partial charge on any atom is 0.108 e. The fourth-order valence-corrected chi connectivity index (χ4v) is 1.47. The highest BCUT2D eigenvalue weighted by atomic mass is 15.1. The average molecular weight is 191 g/mol. The smallest absolute Gasteiger partial charge is 0.108 e. The van der Waals surface area contributed by atoms with Crippen LogP contribution in [0.1, 0.15) is 38.2 Å². The number of imidazole rings is 1. The van der Waals surface area contributed by atoms with Crippen LogP contribution < -0.4 is 0 Å². The second kappa shape index (κ2) is 5.43. The van der Waals surface area contributed by atoms with Gasteiger partial charge in [-0.15, -0.1) is 0 Å². The molecule has 3 heteroatoms. The van der Waals surface area contributed by atoms with Crippen LogP contribution in [0.2, 0.25) is 0 Å². The Balaban J connectivity index is 2.77. The Morgan fingerprint density at radius 1 is 1.50 bits per heavy atom. The molecule has 0 unspecified atom stereocenters. The molecule has 3 nitrogen and oxygen atoms in total. The fourth-order valence-electron chi connectivity index (χ4n) is 1.47. The van der Waals surface area contributed by atoms with Gasteiger partial charge in [0.25, 0.3) is 0 Å². The SMILES string of the molecule is CCCc1nc(CC)cn1CCC#N. The molecule has 14 heavy (non-hydrogen) atoms. The summed E-state index contributed by atoms with van der Waals surface area (Å²) >= 11 is 0. The van der Waals surface area contributed by atoms with Crippen molar-refractivity contribution in [1.29, 1.82) is 5.26 Å². The van der Waals surface area contributed by atoms with Crippen molar-refractivity contribution in [3.63, 3.8) is 0 Å². The maximum absolute atomic E-state index is 8.53. The van der Waals surface area contributed by atoms with Crippen molar-refractivity contribution < 1.29 is 0 Å². The van der Waals surface area contributed by atoms with E-state index in [4.69, 9.17) is 5.26 Å². The highest BCUT2D eigenvalue weighted by molar-refractivity contribution is 5.04. The van der Waals surface area contributed by atoms with Gasteiger partial charge in [0.2, 0.25) is 0 Å². The van der Waals surface area contributed by atoms with Crippen molar-refractivity contribution >= 4 is 0 Å². The van der Waals surface area contributed by atoms with E-state index in [-0.39, 0.29) is 0 Å². The summed E-state index contributed by atoms with van der Waals surface area (Å²) in [6.07, 6.45) is 5.72. The van der Waals surface area contributed by atoms with Gasteiger partial charge in [0.1, 0.15) is 5.82 Å². The van der Waals surface area contributed by atoms with Crippen LogP contribution in [0.5, 0.6) is 0 Å². The van der Waals surface area contributed by atoms with Crippen molar-refractivity contribution in [3.05, 3.63) is 17.7 Å². The van der Waals surface area contributed by atoms with Crippen LogP contribution in [-0.2, 0) is 19.4 Å². The number of nitrogens with zero attached hydrogens (tertiary/aromatic N) is 3. The molecule has 1 aromatic heterocycles. The van der Waals surface area contributed by atoms with Gasteiger partial charge in [-0.3, -0.25) is 0 Å². The molecule has 0 atom stereocenters. The first-order valence-electron chi connectivity index (χ1n) is 5.23. The van der Waals surface area contributed by atoms with Crippen LogP contribution in [-0.4, -0.2) is 9.55 Å². The van der Waals surface area contributed by atoms with Crippen molar-refractivity contribution in [1.82, 2.24) is 9.55 Å². The monoisotopic (exact) mass is 191 g/mol. The normalized spacial score (nSPS) is 10.1. The molecule has 1 aromatic rings. The van der Waals surface area contributed by atoms with E-state index < -0.39 is 0 Å². The van der Waals surface area contributed by atoms with Gasteiger partial charge in [-0.05, 0) is 12.8 Å². The quantitative estimate of drug-likeness (QED) is 0.716. The summed E-state index contributed by atoms with van der Waals surface area (Å²) < 4.78 is 2.12. The number of rotatable bonds is 5. The fraction of sp³-hybridized carbons (Fsp3) is 0.636. The van der Waals surface area contributed by atoms with Crippen LogP contribution in [0.4, 0.5) is 0 Å². The van der Waals surface area contributed by atoms with Gasteiger partial charge in [0.05, 0.1) is 18.2 Å². The molecule has 1 rings (SSSR count). The van der Waals surface area contributed by atoms with E-state index in [1.807, 2.05) is 0 Å². The number of nitriles is 1. The third-order valence-electron chi connectivity index (χ3n) is 2.21. The van der Waals surface area contributed by atoms with Crippen LogP contribution in [0.25, 0.3) is 0 Å². The molecular weight excluding hydrogens is 174 g/mol. The molecule has 0 aromatic carbocycles. The molecule has 0 spiro atoms. The molecule has 0 fully saturated rings. The lowest BCUT2D eigenvalue weighted by atomic mass is 10.3. The maximum atomic E-state index is 8.53. The minimum absolute atomic E-state index is 0.566. The van der Waals surface area contributed by atoms with E-state index in [1.54, 1.807) is 0 Å². The summed E-state index contributed by atoms with van der Waals surface area (Å²) in [4.78, 5) is 4.52. The lowest BCUT2D eigenvalue weighted by molar-refractivity contribution is 0.655. The molecule has 0 N–H and O–H groups in total. The number of hydrogen-bond acceptors (Lipinski definition) is 2. The van der Waals surface area contributed by atoms with Crippen LogP contribution in [0, 0.1) is 11.3 Å². The number of aromatic nitrogens is 2. The van der Waals surface area contributed by atoms with E-state index in [1.165, 1.54) is 0 Å². The Hall–Kier alpha value is -1.30. The minimum Gasteiger partial charge on any atom is -0.334 e. The third kappa shape index (κ3) is 2.59. The molecule has 0 aliphatic heterocycles. The van der Waals surface area contributed by atoms with Gasteiger partial charge in [0, 0.05) is 19.2 Å². The lowest BCUT2D eigenvalue weighted by Crippen LogP contribution is -2.02. The van der Waals surface area contributed by atoms with Crippen LogP contribution >= 0.6 is 0 Å². The Morgan fingerprint density at radius 2 is 2.29 bits per heavy atom. The van der Waals surface area contributed by atoms with Gasteiger partial charge >= 0.3 is 0 Å². The molecule has 0 aliphatic rings. The topological polar surface area (TPSA) is 41.6 Å². The average Bonchev–Trinajstić information content (AvgIpc) is 2.58. The van der Waals surface area contributed by atoms with Gasteiger partial charge in [-0.1, -0.05) is 13.8 Å². The Morgan fingerprint density at radius 3 is 2.86 bits per heavy atom. The summed E-state index contributed by atoms with van der Waals surface area (Å²) in [5, 5.41) is 8.53. The highest BCUT2D eigenvalue weighted by Crippen LogP contribution is 2.07. The summed E-state index contributed by atoms with van der Waals surface area (Å²) in [6, 6.07) is 2.16. The molecule has 0 bridgehead atoms. The van der Waals surface area contributed by atoms with E-state index in [0.29, 0.717) is 6.42 Å². The van der Waals surface area contributed by atoms with Crippen molar-refractivity contribution in [2.24, 2.45) is 0 Å². The molecule has 0 saturated carbocycles. The summed E-state index contributed by atoms with van der Waals surface area (Å²) in [6.45, 7) is 5.03. The molecule has 0 amide bonds. The first-order valence-corrected chi connectivity index (χ1v) is 5.23. The molecule has 1 heterocycles. The lowest BCUT2D eigenvalue weighted by Gasteiger charge is -2.02. The zero-order valence-corrected chi connectivity index (χ0v) is 8.95. The first kappa shape index (κ1) is 10.8. The zero-order valence-electron chi connectivity index (χ0n) is 8.95. The van der Waals surface area contributed by atoms with Gasteiger partial charge in [-0.25, -0.2) is 4.98 Å². The summed E-state index contributed by atoms with van der Waals surface area (Å²) in [5.41, 5.74) is 1.13. The second-order valence-corrected chi connectivity index (χ2v) is 3.35. The Bertz CT molecular complexity index is 320. The van der Waals surface area contributed by atoms with E-state index in [9.17, 15) is 0 Å². The largest absolute Gasteiger partial charge is 0.334 e. The number of aryl methyl sites for hydroxylation is 3. The zero-order chi connectivity index (χ0) is 10.4. The Kier molecular flexibility index (Phi) is 4.18. The summed E-state index contributed by atoms with van der Waals surface area (Å²) in [5.74, 6) is 1.12. The van der Waals surface area contributed by atoms with Gasteiger partial charge in [-0.2, -0.15) is 5.26 Å². The second-order valence-electron chi connectivity index (χ2n) is 3.35. The standard InChI is InChI=1S/C11H17N3/c1-3-6-11-13-10(4-2)9-14(11)8-5-7-12/h9H,3-6,8H2,1-2H3. The first-order chi connectivity index (χ1) is 6.81. The minimum atomic E-state index is 0.566. The molecule has 0 radical (unpaired) electrons. The summed E-state index contributed by atoms with van der Waals surface area (Å²) in [7, 11) is 0. The van der Waals surface area contributed by atoms with Crippen molar-refractivity contribution in [3.8, 4) is 6.07 Å². The molecular formula is C11H17N3. The van der Waals surface area contributed by atoms with Crippen molar-refractivity contribution in [2.45, 2.75) is 46.1 Å². The van der Waals surface area contributed by atoms with Gasteiger partial charge < -0.3 is 4.57 Å². The molecule has 0 aliphatic carbocycles. The van der Waals surface area contributed by atoms with E-state index >= 15 is 0 Å². The van der Waals surface area contributed by atoms with Gasteiger partial charge in [0.15, 0.2) is 0 Å². The van der Waals surface area contributed by atoms with Crippen LogP contribution in [0.15, 0.2) is 6.20 Å². The third-order valence-corrected chi connectivity index (χ3v) is 2.21. The highest BCUT2D eigenvalue weighted by Gasteiger charge is 2.05. The Labute approximate surface area is 85.4 Å².